The number of fused-ring (bicyclic) bond motifs is 1. The van der Waals surface area contributed by atoms with Crippen molar-refractivity contribution in [1.82, 2.24) is 4.57 Å². The van der Waals surface area contributed by atoms with Crippen LogP contribution in [0.2, 0.25) is 5.02 Å². The van der Waals surface area contributed by atoms with E-state index in [1.165, 1.54) is 5.56 Å². The van der Waals surface area contributed by atoms with Gasteiger partial charge in [-0.05, 0) is 48.4 Å². The number of halogens is 1. The summed E-state index contributed by atoms with van der Waals surface area (Å²) in [4.78, 5) is 12.2. The van der Waals surface area contributed by atoms with Gasteiger partial charge in [-0.1, -0.05) is 30.7 Å². The van der Waals surface area contributed by atoms with Gasteiger partial charge in [0.2, 0.25) is 5.91 Å². The maximum atomic E-state index is 12.2. The average Bonchev–Trinajstić information content (AvgIpc) is 2.90. The smallest absolute Gasteiger partial charge is 0.244 e. The lowest BCUT2D eigenvalue weighted by atomic mass is 10.1. The third kappa shape index (κ3) is 3.15. The Labute approximate surface area is 134 Å². The molecule has 2 aromatic carbocycles. The molecule has 0 aliphatic heterocycles. The Morgan fingerprint density at radius 2 is 1.91 bits per heavy atom. The fourth-order valence-corrected chi connectivity index (χ4v) is 2.67. The molecule has 0 bridgehead atoms. The van der Waals surface area contributed by atoms with E-state index < -0.39 is 0 Å². The Morgan fingerprint density at radius 1 is 1.14 bits per heavy atom. The fraction of sp³-hybridized carbons (Fsp3) is 0.167. The Bertz CT molecular complexity index is 806. The number of amides is 1. The maximum absolute atomic E-state index is 12.2. The van der Waals surface area contributed by atoms with Crippen molar-refractivity contribution in [1.29, 1.82) is 0 Å². The third-order valence-electron chi connectivity index (χ3n) is 3.69. The molecule has 1 N–H and O–H groups in total. The van der Waals surface area contributed by atoms with Crippen LogP contribution >= 0.6 is 11.6 Å². The second-order valence-corrected chi connectivity index (χ2v) is 5.68. The predicted molar refractivity (Wildman–Crippen MR) is 91.4 cm³/mol. The molecule has 0 spiro atoms. The lowest BCUT2D eigenvalue weighted by Gasteiger charge is -2.08. The number of carbonyl (C=O) groups is 1. The minimum absolute atomic E-state index is 0.0447. The summed E-state index contributed by atoms with van der Waals surface area (Å²) in [6, 6.07) is 15.6. The lowest BCUT2D eigenvalue weighted by molar-refractivity contribution is -0.116. The highest BCUT2D eigenvalue weighted by Gasteiger charge is 2.07. The second kappa shape index (κ2) is 6.24. The first-order valence-corrected chi connectivity index (χ1v) is 7.66. The van der Waals surface area contributed by atoms with Crippen molar-refractivity contribution in [3.63, 3.8) is 0 Å². The molecule has 0 radical (unpaired) electrons. The average molecular weight is 313 g/mol. The molecule has 3 aromatic rings. The number of carbonyl (C=O) groups excluding carboxylic acids is 1. The summed E-state index contributed by atoms with van der Waals surface area (Å²) < 4.78 is 1.92. The number of hydrogen-bond acceptors (Lipinski definition) is 1. The number of aromatic nitrogens is 1. The molecule has 1 heterocycles. The Morgan fingerprint density at radius 3 is 2.64 bits per heavy atom. The minimum atomic E-state index is -0.0447. The molecule has 0 unspecified atom stereocenters. The largest absolute Gasteiger partial charge is 0.338 e. The summed E-state index contributed by atoms with van der Waals surface area (Å²) in [5.74, 6) is -0.0447. The van der Waals surface area contributed by atoms with Crippen LogP contribution < -0.4 is 5.32 Å². The molecule has 22 heavy (non-hydrogen) atoms. The number of rotatable bonds is 4. The first-order chi connectivity index (χ1) is 10.7. The summed E-state index contributed by atoms with van der Waals surface area (Å²) in [5.41, 5.74) is 3.08. The SMILES string of the molecule is CCc1ccc(NC(=O)Cn2ccc3cc(Cl)ccc32)cc1. The van der Waals surface area contributed by atoms with Crippen LogP contribution in [-0.4, -0.2) is 10.5 Å². The third-order valence-corrected chi connectivity index (χ3v) is 3.93. The van der Waals surface area contributed by atoms with Crippen LogP contribution in [0.25, 0.3) is 10.9 Å². The van der Waals surface area contributed by atoms with E-state index >= 15 is 0 Å². The molecule has 1 aromatic heterocycles. The van der Waals surface area contributed by atoms with Gasteiger partial charge in [0.05, 0.1) is 0 Å². The summed E-state index contributed by atoms with van der Waals surface area (Å²) in [5, 5.41) is 4.66. The molecular formula is C18H17ClN2O. The molecule has 4 heteroatoms. The summed E-state index contributed by atoms with van der Waals surface area (Å²) in [6.07, 6.45) is 2.90. The molecule has 3 rings (SSSR count). The van der Waals surface area contributed by atoms with E-state index in [2.05, 4.69) is 12.2 Å². The molecule has 112 valence electrons. The van der Waals surface area contributed by atoms with E-state index in [4.69, 9.17) is 11.6 Å². The van der Waals surface area contributed by atoms with Crippen LogP contribution in [0.1, 0.15) is 12.5 Å². The van der Waals surface area contributed by atoms with Crippen LogP contribution in [0, 0.1) is 0 Å². The van der Waals surface area contributed by atoms with Gasteiger partial charge in [0.15, 0.2) is 0 Å². The van der Waals surface area contributed by atoms with E-state index in [1.807, 2.05) is 59.3 Å². The highest BCUT2D eigenvalue weighted by Crippen LogP contribution is 2.20. The van der Waals surface area contributed by atoms with Crippen molar-refractivity contribution in [2.24, 2.45) is 0 Å². The Hall–Kier alpha value is -2.26. The van der Waals surface area contributed by atoms with Crippen LogP contribution in [0.4, 0.5) is 5.69 Å². The van der Waals surface area contributed by atoms with Crippen molar-refractivity contribution >= 4 is 34.1 Å². The molecule has 0 saturated carbocycles. The standard InChI is InChI=1S/C18H17ClN2O/c1-2-13-3-6-16(7-4-13)20-18(22)12-21-10-9-14-11-15(19)5-8-17(14)21/h3-11H,2,12H2,1H3,(H,20,22). The number of nitrogens with one attached hydrogen (secondary N) is 1. The molecule has 3 nitrogen and oxygen atoms in total. The summed E-state index contributed by atoms with van der Waals surface area (Å²) >= 11 is 5.98. The number of hydrogen-bond donors (Lipinski definition) is 1. The Kier molecular flexibility index (Phi) is 4.16. The molecule has 0 saturated heterocycles. The second-order valence-electron chi connectivity index (χ2n) is 5.25. The summed E-state index contributed by atoms with van der Waals surface area (Å²) in [7, 11) is 0. The molecule has 0 aliphatic rings. The zero-order valence-electron chi connectivity index (χ0n) is 12.3. The van der Waals surface area contributed by atoms with Crippen molar-refractivity contribution in [3.05, 3.63) is 65.3 Å². The van der Waals surface area contributed by atoms with Crippen LogP contribution in [0.3, 0.4) is 0 Å². The quantitative estimate of drug-likeness (QED) is 0.756. The molecule has 1 amide bonds. The van der Waals surface area contributed by atoms with Gasteiger partial charge in [0.25, 0.3) is 0 Å². The Balaban J connectivity index is 1.72. The van der Waals surface area contributed by atoms with E-state index in [0.29, 0.717) is 5.02 Å². The first kappa shape index (κ1) is 14.7. The first-order valence-electron chi connectivity index (χ1n) is 7.29. The number of aryl methyl sites for hydroxylation is 1. The minimum Gasteiger partial charge on any atom is -0.338 e. The van der Waals surface area contributed by atoms with Gasteiger partial charge in [0, 0.05) is 27.8 Å². The maximum Gasteiger partial charge on any atom is 0.244 e. The zero-order chi connectivity index (χ0) is 15.5. The molecule has 0 fully saturated rings. The van der Waals surface area contributed by atoms with Gasteiger partial charge in [-0.25, -0.2) is 0 Å². The lowest BCUT2D eigenvalue weighted by Crippen LogP contribution is -2.18. The molecular weight excluding hydrogens is 296 g/mol. The van der Waals surface area contributed by atoms with E-state index in [0.717, 1.165) is 23.0 Å². The van der Waals surface area contributed by atoms with Gasteiger partial charge in [0.1, 0.15) is 6.54 Å². The number of anilines is 1. The van der Waals surface area contributed by atoms with Gasteiger partial charge < -0.3 is 9.88 Å². The normalized spacial score (nSPS) is 10.8. The van der Waals surface area contributed by atoms with Gasteiger partial charge in [-0.3, -0.25) is 4.79 Å². The molecule has 0 atom stereocenters. The van der Waals surface area contributed by atoms with Gasteiger partial charge in [-0.2, -0.15) is 0 Å². The van der Waals surface area contributed by atoms with Crippen molar-refractivity contribution < 1.29 is 4.79 Å². The van der Waals surface area contributed by atoms with Crippen molar-refractivity contribution in [3.8, 4) is 0 Å². The van der Waals surface area contributed by atoms with Crippen LogP contribution in [0.15, 0.2) is 54.7 Å². The van der Waals surface area contributed by atoms with Crippen LogP contribution in [0.5, 0.6) is 0 Å². The van der Waals surface area contributed by atoms with Crippen molar-refractivity contribution in [2.75, 3.05) is 5.32 Å². The van der Waals surface area contributed by atoms with E-state index in [1.54, 1.807) is 0 Å². The van der Waals surface area contributed by atoms with Crippen molar-refractivity contribution in [2.45, 2.75) is 19.9 Å². The van der Waals surface area contributed by atoms with Gasteiger partial charge in [-0.15, -0.1) is 0 Å². The number of benzene rings is 2. The highest BCUT2D eigenvalue weighted by molar-refractivity contribution is 6.31. The number of nitrogens with zero attached hydrogens (tertiary/aromatic N) is 1. The molecule has 0 aliphatic carbocycles. The zero-order valence-corrected chi connectivity index (χ0v) is 13.1. The fourth-order valence-electron chi connectivity index (χ4n) is 2.49. The highest BCUT2D eigenvalue weighted by atomic mass is 35.5. The van der Waals surface area contributed by atoms with Crippen LogP contribution in [-0.2, 0) is 17.8 Å². The predicted octanol–water partition coefficient (Wildman–Crippen LogP) is 4.50. The van der Waals surface area contributed by atoms with E-state index in [-0.39, 0.29) is 12.5 Å². The van der Waals surface area contributed by atoms with E-state index in [9.17, 15) is 4.79 Å². The van der Waals surface area contributed by atoms with Gasteiger partial charge >= 0.3 is 0 Å². The summed E-state index contributed by atoms with van der Waals surface area (Å²) in [6.45, 7) is 2.39. The topological polar surface area (TPSA) is 34.0 Å². The monoisotopic (exact) mass is 312 g/mol.